The second-order valence-electron chi connectivity index (χ2n) is 3.79. The Balaban J connectivity index is 2.25. The van der Waals surface area contributed by atoms with E-state index < -0.39 is 13.0 Å². The first kappa shape index (κ1) is 13.8. The van der Waals surface area contributed by atoms with Crippen molar-refractivity contribution < 1.29 is 13.5 Å². The Morgan fingerprint density at radius 2 is 2.18 bits per heavy atom. The van der Waals surface area contributed by atoms with Crippen LogP contribution in [0.1, 0.15) is 12.0 Å². The lowest BCUT2D eigenvalue weighted by Crippen LogP contribution is -2.25. The first-order chi connectivity index (χ1) is 8.09. The van der Waals surface area contributed by atoms with Gasteiger partial charge in [-0.1, -0.05) is 0 Å². The molecule has 1 aromatic rings. The quantitative estimate of drug-likeness (QED) is 0.708. The molecule has 1 aromatic heterocycles. The van der Waals surface area contributed by atoms with Crippen molar-refractivity contribution in [1.82, 2.24) is 4.98 Å². The van der Waals surface area contributed by atoms with Crippen molar-refractivity contribution in [2.45, 2.75) is 25.3 Å². The largest absolute Gasteiger partial charge is 0.398 e. The number of halogens is 2. The van der Waals surface area contributed by atoms with Crippen LogP contribution in [-0.4, -0.2) is 30.7 Å². The van der Waals surface area contributed by atoms with Crippen LogP contribution < -0.4 is 11.5 Å². The fraction of sp³-hybridized carbons (Fsp3) is 0.545. The Morgan fingerprint density at radius 1 is 1.41 bits per heavy atom. The Bertz CT molecular complexity index is 336. The summed E-state index contributed by atoms with van der Waals surface area (Å²) in [4.78, 5) is 3.95. The van der Waals surface area contributed by atoms with Crippen molar-refractivity contribution in [1.29, 1.82) is 0 Å². The molecule has 0 amide bonds. The highest BCUT2D eigenvalue weighted by atomic mass is 19.3. The summed E-state index contributed by atoms with van der Waals surface area (Å²) in [5.74, 6) is 0. The van der Waals surface area contributed by atoms with Crippen LogP contribution >= 0.6 is 0 Å². The summed E-state index contributed by atoms with van der Waals surface area (Å²) >= 11 is 0. The summed E-state index contributed by atoms with van der Waals surface area (Å²) < 4.78 is 28.3. The first-order valence-corrected chi connectivity index (χ1v) is 5.39. The zero-order valence-electron chi connectivity index (χ0n) is 9.48. The van der Waals surface area contributed by atoms with Crippen LogP contribution in [0.5, 0.6) is 0 Å². The second kappa shape index (κ2) is 7.13. The smallest absolute Gasteiger partial charge is 0.261 e. The number of nitrogens with two attached hydrogens (primary N) is 2. The van der Waals surface area contributed by atoms with Crippen LogP contribution in [-0.2, 0) is 11.2 Å². The van der Waals surface area contributed by atoms with E-state index in [2.05, 4.69) is 4.98 Å². The van der Waals surface area contributed by atoms with E-state index in [1.807, 2.05) is 0 Å². The normalized spacial score (nSPS) is 12.9. The summed E-state index contributed by atoms with van der Waals surface area (Å²) in [6.45, 7) is -0.312. The highest BCUT2D eigenvalue weighted by Crippen LogP contribution is 2.11. The maximum atomic E-state index is 11.8. The molecule has 0 bridgehead atoms. The Hall–Kier alpha value is -1.27. The van der Waals surface area contributed by atoms with Gasteiger partial charge in [0.1, 0.15) is 6.61 Å². The highest BCUT2D eigenvalue weighted by Gasteiger charge is 2.08. The predicted molar refractivity (Wildman–Crippen MR) is 61.8 cm³/mol. The fourth-order valence-electron chi connectivity index (χ4n) is 1.40. The van der Waals surface area contributed by atoms with Crippen LogP contribution in [0.2, 0.25) is 0 Å². The van der Waals surface area contributed by atoms with Gasteiger partial charge in [0.05, 0.1) is 0 Å². The van der Waals surface area contributed by atoms with E-state index in [0.29, 0.717) is 18.5 Å². The molecule has 0 aliphatic carbocycles. The van der Waals surface area contributed by atoms with Crippen LogP contribution in [0.4, 0.5) is 14.5 Å². The molecule has 17 heavy (non-hydrogen) atoms. The lowest BCUT2D eigenvalue weighted by molar-refractivity contribution is 0.0153. The summed E-state index contributed by atoms with van der Waals surface area (Å²) in [6, 6.07) is 1.54. The minimum absolute atomic E-state index is 0.167. The molecule has 1 rings (SSSR count). The number of pyridine rings is 1. The van der Waals surface area contributed by atoms with Gasteiger partial charge in [0, 0.05) is 30.7 Å². The van der Waals surface area contributed by atoms with Gasteiger partial charge in [-0.2, -0.15) is 0 Å². The first-order valence-electron chi connectivity index (χ1n) is 5.39. The van der Waals surface area contributed by atoms with Gasteiger partial charge < -0.3 is 16.2 Å². The number of hydrogen-bond donors (Lipinski definition) is 2. The third kappa shape index (κ3) is 5.55. The van der Waals surface area contributed by atoms with Crippen LogP contribution in [0.15, 0.2) is 18.5 Å². The molecule has 6 heteroatoms. The van der Waals surface area contributed by atoms with Crippen molar-refractivity contribution in [3.8, 4) is 0 Å². The van der Waals surface area contributed by atoms with Crippen molar-refractivity contribution in [2.75, 3.05) is 18.9 Å². The van der Waals surface area contributed by atoms with Crippen molar-refractivity contribution >= 4 is 5.69 Å². The third-order valence-corrected chi connectivity index (χ3v) is 2.30. The van der Waals surface area contributed by atoms with E-state index in [1.54, 1.807) is 18.5 Å². The average molecular weight is 245 g/mol. The zero-order chi connectivity index (χ0) is 12.7. The van der Waals surface area contributed by atoms with Gasteiger partial charge in [-0.25, -0.2) is 8.78 Å². The molecule has 0 saturated carbocycles. The van der Waals surface area contributed by atoms with Gasteiger partial charge in [0.15, 0.2) is 0 Å². The van der Waals surface area contributed by atoms with E-state index in [9.17, 15) is 8.78 Å². The van der Waals surface area contributed by atoms with Crippen LogP contribution in [0.3, 0.4) is 0 Å². The van der Waals surface area contributed by atoms with E-state index in [1.165, 1.54) is 0 Å². The molecule has 1 heterocycles. The minimum Gasteiger partial charge on any atom is -0.398 e. The summed E-state index contributed by atoms with van der Waals surface area (Å²) in [7, 11) is 0. The topological polar surface area (TPSA) is 74.2 Å². The zero-order valence-corrected chi connectivity index (χ0v) is 9.48. The molecule has 0 aliphatic heterocycles. The number of hydrogen-bond acceptors (Lipinski definition) is 4. The molecule has 0 fully saturated rings. The van der Waals surface area contributed by atoms with Crippen molar-refractivity contribution in [3.05, 3.63) is 24.0 Å². The summed E-state index contributed by atoms with van der Waals surface area (Å²) in [5.41, 5.74) is 13.1. The molecule has 0 aliphatic rings. The fourth-order valence-corrected chi connectivity index (χ4v) is 1.40. The molecular formula is C11H17F2N3O. The number of aromatic nitrogens is 1. The van der Waals surface area contributed by atoms with Crippen LogP contribution in [0.25, 0.3) is 0 Å². The Kier molecular flexibility index (Phi) is 5.79. The van der Waals surface area contributed by atoms with Gasteiger partial charge in [0.2, 0.25) is 0 Å². The molecule has 0 aromatic carbocycles. The lowest BCUT2D eigenvalue weighted by Gasteiger charge is -2.12. The molecule has 4 nitrogen and oxygen atoms in total. The van der Waals surface area contributed by atoms with Crippen molar-refractivity contribution in [3.63, 3.8) is 0 Å². The SMILES string of the molecule is Nc1ccncc1CC(N)CCOCC(F)F. The van der Waals surface area contributed by atoms with E-state index in [0.717, 1.165) is 5.56 Å². The Labute approximate surface area is 99.0 Å². The molecular weight excluding hydrogens is 228 g/mol. The van der Waals surface area contributed by atoms with E-state index >= 15 is 0 Å². The van der Waals surface area contributed by atoms with Gasteiger partial charge in [0.25, 0.3) is 6.43 Å². The number of ether oxygens (including phenoxy) is 1. The van der Waals surface area contributed by atoms with Gasteiger partial charge >= 0.3 is 0 Å². The molecule has 0 radical (unpaired) electrons. The van der Waals surface area contributed by atoms with Gasteiger partial charge in [-0.3, -0.25) is 4.98 Å². The minimum atomic E-state index is -2.43. The van der Waals surface area contributed by atoms with E-state index in [4.69, 9.17) is 16.2 Å². The molecule has 96 valence electrons. The predicted octanol–water partition coefficient (Wildman–Crippen LogP) is 1.21. The molecule has 0 saturated heterocycles. The van der Waals surface area contributed by atoms with Gasteiger partial charge in [-0.05, 0) is 24.5 Å². The standard InChI is InChI=1S/C11H17F2N3O/c12-11(13)7-17-4-2-9(14)5-8-6-16-3-1-10(8)15/h1,3,6,9,11H,2,4-5,7,14H2,(H2,15,16). The molecule has 4 N–H and O–H groups in total. The van der Waals surface area contributed by atoms with Crippen LogP contribution in [0, 0.1) is 0 Å². The number of nitrogens with zero attached hydrogens (tertiary/aromatic N) is 1. The number of rotatable bonds is 7. The second-order valence-corrected chi connectivity index (χ2v) is 3.79. The molecule has 1 unspecified atom stereocenters. The number of alkyl halides is 2. The van der Waals surface area contributed by atoms with Gasteiger partial charge in [-0.15, -0.1) is 0 Å². The number of nitrogen functional groups attached to an aromatic ring is 1. The summed E-state index contributed by atoms with van der Waals surface area (Å²) in [5, 5.41) is 0. The molecule has 0 spiro atoms. The lowest BCUT2D eigenvalue weighted by atomic mass is 10.1. The average Bonchev–Trinajstić information content (AvgIpc) is 2.27. The number of anilines is 1. The molecule has 1 atom stereocenters. The van der Waals surface area contributed by atoms with Crippen molar-refractivity contribution in [2.24, 2.45) is 5.73 Å². The monoisotopic (exact) mass is 245 g/mol. The maximum Gasteiger partial charge on any atom is 0.261 e. The summed E-state index contributed by atoms with van der Waals surface area (Å²) in [6.07, 6.45) is 1.92. The van der Waals surface area contributed by atoms with E-state index in [-0.39, 0.29) is 12.6 Å². The highest BCUT2D eigenvalue weighted by molar-refractivity contribution is 5.44. The third-order valence-electron chi connectivity index (χ3n) is 2.30. The Morgan fingerprint density at radius 3 is 2.82 bits per heavy atom. The maximum absolute atomic E-state index is 11.8.